The normalized spacial score (nSPS) is 10.9. The number of halogens is 1. The van der Waals surface area contributed by atoms with Crippen molar-refractivity contribution in [2.75, 3.05) is 14.2 Å². The van der Waals surface area contributed by atoms with Crippen LogP contribution in [0.2, 0.25) is 5.02 Å². The van der Waals surface area contributed by atoms with E-state index in [1.165, 1.54) is 14.2 Å². The maximum Gasteiger partial charge on any atom is 0.259 e. The van der Waals surface area contributed by atoms with E-state index in [1.54, 1.807) is 42.7 Å². The number of nitrogens with zero attached hydrogens (tertiary/aromatic N) is 4. The second-order valence-corrected chi connectivity index (χ2v) is 8.66. The zero-order valence-corrected chi connectivity index (χ0v) is 21.0. The van der Waals surface area contributed by atoms with Gasteiger partial charge < -0.3 is 19.3 Å². The van der Waals surface area contributed by atoms with Gasteiger partial charge in [-0.2, -0.15) is 0 Å². The first kappa shape index (κ1) is 24.2. The van der Waals surface area contributed by atoms with Gasteiger partial charge in [-0.1, -0.05) is 28.9 Å². The summed E-state index contributed by atoms with van der Waals surface area (Å²) < 4.78 is 16.1. The lowest BCUT2D eigenvalue weighted by molar-refractivity contribution is 0.0952. The van der Waals surface area contributed by atoms with Crippen LogP contribution >= 0.6 is 11.6 Å². The third-order valence-electron chi connectivity index (χ3n) is 5.71. The molecule has 9 nitrogen and oxygen atoms in total. The maximum absolute atomic E-state index is 13.6. The molecule has 0 saturated carbocycles. The van der Waals surface area contributed by atoms with Crippen molar-refractivity contribution in [2.24, 2.45) is 0 Å². The number of carbonyl (C=O) groups excluding carboxylic acids is 1. The molecule has 186 valence electrons. The van der Waals surface area contributed by atoms with Crippen molar-refractivity contribution < 1.29 is 18.8 Å². The molecule has 10 heteroatoms. The van der Waals surface area contributed by atoms with Crippen LogP contribution in [0.25, 0.3) is 33.6 Å². The van der Waals surface area contributed by atoms with E-state index in [0.29, 0.717) is 44.7 Å². The molecule has 0 atom stereocenters. The Bertz CT molecular complexity index is 1600. The van der Waals surface area contributed by atoms with Gasteiger partial charge in [-0.3, -0.25) is 9.78 Å². The molecule has 0 fully saturated rings. The predicted molar refractivity (Wildman–Crippen MR) is 139 cm³/mol. The Kier molecular flexibility index (Phi) is 6.70. The number of methoxy groups -OCH3 is 2. The SMILES string of the molecule is COc1ccc(CNC(=O)c2cc(-c3cncc(C)c3)nc3onc(-c4ccc(Cl)cc4)c23)nc1OC. The highest BCUT2D eigenvalue weighted by Crippen LogP contribution is 2.33. The minimum Gasteiger partial charge on any atom is -0.491 e. The number of aromatic nitrogens is 4. The molecule has 1 aromatic carbocycles. The molecule has 37 heavy (non-hydrogen) atoms. The first-order chi connectivity index (χ1) is 18.0. The fourth-order valence-electron chi connectivity index (χ4n) is 3.91. The minimum absolute atomic E-state index is 0.159. The lowest BCUT2D eigenvalue weighted by Gasteiger charge is -2.11. The van der Waals surface area contributed by atoms with Crippen LogP contribution in [-0.2, 0) is 6.54 Å². The van der Waals surface area contributed by atoms with Gasteiger partial charge in [0.25, 0.3) is 17.5 Å². The summed E-state index contributed by atoms with van der Waals surface area (Å²) in [5.74, 6) is 0.491. The minimum atomic E-state index is -0.343. The van der Waals surface area contributed by atoms with Gasteiger partial charge in [0, 0.05) is 28.5 Å². The maximum atomic E-state index is 13.6. The Morgan fingerprint density at radius 1 is 1.00 bits per heavy atom. The van der Waals surface area contributed by atoms with Crippen molar-refractivity contribution in [3.8, 4) is 34.1 Å². The van der Waals surface area contributed by atoms with E-state index in [-0.39, 0.29) is 18.2 Å². The monoisotopic (exact) mass is 515 g/mol. The molecule has 0 aliphatic heterocycles. The van der Waals surface area contributed by atoms with E-state index in [1.807, 2.05) is 25.1 Å². The molecular weight excluding hydrogens is 494 g/mol. The topological polar surface area (TPSA) is 112 Å². The van der Waals surface area contributed by atoms with E-state index in [2.05, 4.69) is 25.4 Å². The van der Waals surface area contributed by atoms with E-state index < -0.39 is 0 Å². The third-order valence-corrected chi connectivity index (χ3v) is 5.96. The zero-order chi connectivity index (χ0) is 25.9. The average molecular weight is 516 g/mol. The van der Waals surface area contributed by atoms with Gasteiger partial charge in [0.05, 0.1) is 43.1 Å². The number of fused-ring (bicyclic) bond motifs is 1. The first-order valence-corrected chi connectivity index (χ1v) is 11.7. The van der Waals surface area contributed by atoms with E-state index in [0.717, 1.165) is 16.7 Å². The molecule has 0 aliphatic carbocycles. The number of amides is 1. The molecule has 0 saturated heterocycles. The third kappa shape index (κ3) is 4.94. The molecule has 4 aromatic heterocycles. The van der Waals surface area contributed by atoms with Crippen LogP contribution in [0.1, 0.15) is 21.6 Å². The molecule has 5 rings (SSSR count). The summed E-state index contributed by atoms with van der Waals surface area (Å²) in [7, 11) is 3.04. The number of pyridine rings is 3. The van der Waals surface area contributed by atoms with Crippen LogP contribution in [0.4, 0.5) is 0 Å². The molecule has 1 N–H and O–H groups in total. The van der Waals surface area contributed by atoms with Gasteiger partial charge >= 0.3 is 0 Å². The van der Waals surface area contributed by atoms with Crippen molar-refractivity contribution in [1.82, 2.24) is 25.4 Å². The zero-order valence-electron chi connectivity index (χ0n) is 20.3. The van der Waals surface area contributed by atoms with Crippen molar-refractivity contribution >= 4 is 28.6 Å². The Hall–Kier alpha value is -4.50. The van der Waals surface area contributed by atoms with Crippen LogP contribution < -0.4 is 14.8 Å². The molecule has 0 radical (unpaired) electrons. The number of hydrogen-bond donors (Lipinski definition) is 1. The molecule has 0 spiro atoms. The van der Waals surface area contributed by atoms with Crippen LogP contribution in [0.15, 0.2) is 65.4 Å². The number of ether oxygens (including phenoxy) is 2. The smallest absolute Gasteiger partial charge is 0.259 e. The number of aryl methyl sites for hydroxylation is 1. The Labute approximate surface area is 217 Å². The number of hydrogen-bond acceptors (Lipinski definition) is 8. The van der Waals surface area contributed by atoms with Crippen molar-refractivity contribution in [2.45, 2.75) is 13.5 Å². The number of nitrogens with one attached hydrogen (secondary N) is 1. The second-order valence-electron chi connectivity index (χ2n) is 8.22. The van der Waals surface area contributed by atoms with E-state index in [4.69, 9.17) is 25.6 Å². The fraction of sp³-hybridized carbons (Fsp3) is 0.148. The Morgan fingerprint density at radius 2 is 1.81 bits per heavy atom. The first-order valence-electron chi connectivity index (χ1n) is 11.3. The Balaban J connectivity index is 1.57. The molecular formula is C27H22ClN5O4. The number of benzene rings is 1. The van der Waals surface area contributed by atoms with Gasteiger partial charge in [0.2, 0.25) is 0 Å². The van der Waals surface area contributed by atoms with Gasteiger partial charge in [-0.05, 0) is 48.9 Å². The van der Waals surface area contributed by atoms with Gasteiger partial charge in [-0.15, -0.1) is 0 Å². The second kappa shape index (κ2) is 10.2. The fourth-order valence-corrected chi connectivity index (χ4v) is 4.04. The summed E-state index contributed by atoms with van der Waals surface area (Å²) in [6, 6.07) is 14.3. The Morgan fingerprint density at radius 3 is 2.54 bits per heavy atom. The van der Waals surface area contributed by atoms with E-state index in [9.17, 15) is 4.79 Å². The van der Waals surface area contributed by atoms with E-state index >= 15 is 0 Å². The molecule has 1 amide bonds. The highest BCUT2D eigenvalue weighted by Gasteiger charge is 2.22. The van der Waals surface area contributed by atoms with Crippen LogP contribution in [0.3, 0.4) is 0 Å². The van der Waals surface area contributed by atoms with Crippen molar-refractivity contribution in [3.05, 3.63) is 82.8 Å². The molecule has 0 aliphatic rings. The summed E-state index contributed by atoms with van der Waals surface area (Å²) >= 11 is 6.07. The number of carbonyl (C=O) groups is 1. The summed E-state index contributed by atoms with van der Waals surface area (Å²) in [6.45, 7) is 2.10. The molecule has 4 heterocycles. The summed E-state index contributed by atoms with van der Waals surface area (Å²) in [6.07, 6.45) is 3.44. The molecule has 5 aromatic rings. The highest BCUT2D eigenvalue weighted by atomic mass is 35.5. The largest absolute Gasteiger partial charge is 0.491 e. The van der Waals surface area contributed by atoms with Gasteiger partial charge in [-0.25, -0.2) is 9.97 Å². The predicted octanol–water partition coefficient (Wildman–Crippen LogP) is 5.26. The lowest BCUT2D eigenvalue weighted by atomic mass is 10.0. The molecule has 0 unspecified atom stereocenters. The average Bonchev–Trinajstić information content (AvgIpc) is 3.35. The lowest BCUT2D eigenvalue weighted by Crippen LogP contribution is -2.24. The van der Waals surface area contributed by atoms with Gasteiger partial charge in [0.1, 0.15) is 5.69 Å². The summed E-state index contributed by atoms with van der Waals surface area (Å²) in [5.41, 5.74) is 4.67. The van der Waals surface area contributed by atoms with Crippen molar-refractivity contribution in [3.63, 3.8) is 0 Å². The van der Waals surface area contributed by atoms with Crippen LogP contribution in [0.5, 0.6) is 11.6 Å². The summed E-state index contributed by atoms with van der Waals surface area (Å²) in [4.78, 5) is 26.9. The van der Waals surface area contributed by atoms with Gasteiger partial charge in [0.15, 0.2) is 5.75 Å². The standard InChI is InChI=1S/C27H22ClN5O4/c1-15-10-17(13-29-12-15)21-11-20(25(34)30-14-19-8-9-22(35-2)26(31-19)36-3)23-24(33-37-27(23)32-21)16-4-6-18(28)7-5-16/h4-13H,14H2,1-3H3,(H,30,34). The van der Waals surface area contributed by atoms with Crippen molar-refractivity contribution in [1.29, 1.82) is 0 Å². The van der Waals surface area contributed by atoms with Crippen LogP contribution in [-0.4, -0.2) is 40.2 Å². The molecule has 0 bridgehead atoms. The van der Waals surface area contributed by atoms with Crippen LogP contribution in [0, 0.1) is 6.92 Å². The number of rotatable bonds is 7. The highest BCUT2D eigenvalue weighted by molar-refractivity contribution is 6.30. The quantitative estimate of drug-likeness (QED) is 0.312. The summed E-state index contributed by atoms with van der Waals surface area (Å²) in [5, 5.41) is 8.24.